The minimum Gasteiger partial charge on any atom is -0.481 e. The average molecular weight is 226 g/mol. The fraction of sp³-hybridized carbons (Fsp3) is 0.833. The molecule has 0 aromatic heterocycles. The summed E-state index contributed by atoms with van der Waals surface area (Å²) in [5.74, 6) is -0.920. The monoisotopic (exact) mass is 226 g/mol. The van der Waals surface area contributed by atoms with Crippen molar-refractivity contribution in [1.29, 1.82) is 0 Å². The second-order valence-corrected chi connectivity index (χ2v) is 5.12. The van der Waals surface area contributed by atoms with Gasteiger partial charge in [0, 0.05) is 0 Å². The first-order valence-electron chi connectivity index (χ1n) is 5.95. The van der Waals surface area contributed by atoms with E-state index in [0.717, 1.165) is 12.8 Å². The number of aliphatic carboxylic acids is 1. The molecule has 2 fully saturated rings. The Morgan fingerprint density at radius 1 is 1.19 bits per heavy atom. The van der Waals surface area contributed by atoms with Crippen LogP contribution in [0.4, 0.5) is 0 Å². The van der Waals surface area contributed by atoms with Crippen molar-refractivity contribution in [2.75, 3.05) is 6.61 Å². The van der Waals surface area contributed by atoms with Crippen molar-refractivity contribution >= 4 is 11.9 Å². The van der Waals surface area contributed by atoms with E-state index in [2.05, 4.69) is 0 Å². The van der Waals surface area contributed by atoms with Crippen molar-refractivity contribution in [3.05, 3.63) is 0 Å². The van der Waals surface area contributed by atoms with Crippen LogP contribution in [0.15, 0.2) is 0 Å². The Kier molecular flexibility index (Phi) is 2.68. The second-order valence-electron chi connectivity index (χ2n) is 5.12. The molecule has 2 bridgehead atoms. The molecule has 0 spiro atoms. The maximum Gasteiger partial charge on any atom is 0.312 e. The zero-order valence-corrected chi connectivity index (χ0v) is 9.62. The number of fused-ring (bicyclic) bond motifs is 2. The lowest BCUT2D eigenvalue weighted by Gasteiger charge is -2.35. The smallest absolute Gasteiger partial charge is 0.312 e. The summed E-state index contributed by atoms with van der Waals surface area (Å²) in [6, 6.07) is 0. The Morgan fingerprint density at radius 3 is 2.44 bits per heavy atom. The topological polar surface area (TPSA) is 63.6 Å². The van der Waals surface area contributed by atoms with Crippen LogP contribution < -0.4 is 0 Å². The Balaban J connectivity index is 2.20. The number of hydrogen-bond donors (Lipinski definition) is 1. The van der Waals surface area contributed by atoms with Crippen LogP contribution in [-0.2, 0) is 14.3 Å². The van der Waals surface area contributed by atoms with E-state index in [-0.39, 0.29) is 5.97 Å². The number of carbonyl (C=O) groups excluding carboxylic acids is 1. The molecule has 2 aliphatic carbocycles. The van der Waals surface area contributed by atoms with Crippen LogP contribution in [0, 0.1) is 10.8 Å². The number of carboxylic acids is 1. The number of esters is 1. The fourth-order valence-corrected chi connectivity index (χ4v) is 3.34. The third-order valence-corrected chi connectivity index (χ3v) is 4.23. The Bertz CT molecular complexity index is 325. The van der Waals surface area contributed by atoms with E-state index in [1.54, 1.807) is 6.92 Å². The highest BCUT2D eigenvalue weighted by atomic mass is 16.5. The molecule has 0 heterocycles. The summed E-state index contributed by atoms with van der Waals surface area (Å²) in [5.41, 5.74) is -1.14. The molecule has 2 rings (SSSR count). The first-order valence-corrected chi connectivity index (χ1v) is 5.95. The van der Waals surface area contributed by atoms with Gasteiger partial charge in [0.25, 0.3) is 0 Å². The normalized spacial score (nSPS) is 37.1. The van der Waals surface area contributed by atoms with Gasteiger partial charge in [0.2, 0.25) is 0 Å². The molecule has 2 atom stereocenters. The van der Waals surface area contributed by atoms with E-state index in [0.29, 0.717) is 32.3 Å². The zero-order chi connectivity index (χ0) is 11.8. The van der Waals surface area contributed by atoms with Gasteiger partial charge < -0.3 is 9.84 Å². The SMILES string of the molecule is CCOC(=O)C12CCCC(C(=O)O)(CC1)C2. The molecule has 0 saturated heterocycles. The molecule has 2 saturated carbocycles. The number of ether oxygens (including phenoxy) is 1. The minimum absolute atomic E-state index is 0.183. The third-order valence-electron chi connectivity index (χ3n) is 4.23. The molecule has 0 radical (unpaired) electrons. The van der Waals surface area contributed by atoms with Gasteiger partial charge in [-0.2, -0.15) is 0 Å². The summed E-state index contributed by atoms with van der Waals surface area (Å²) in [7, 11) is 0. The average Bonchev–Trinajstić information content (AvgIpc) is 2.54. The Morgan fingerprint density at radius 2 is 1.81 bits per heavy atom. The first-order chi connectivity index (χ1) is 7.55. The highest BCUT2D eigenvalue weighted by Gasteiger charge is 2.58. The van der Waals surface area contributed by atoms with Crippen LogP contribution >= 0.6 is 0 Å². The summed E-state index contributed by atoms with van der Waals surface area (Å²) >= 11 is 0. The third kappa shape index (κ3) is 1.51. The van der Waals surface area contributed by atoms with Gasteiger partial charge in [-0.05, 0) is 39.0 Å². The highest BCUT2D eigenvalue weighted by molar-refractivity contribution is 5.82. The lowest BCUT2D eigenvalue weighted by atomic mass is 9.69. The zero-order valence-electron chi connectivity index (χ0n) is 9.62. The second kappa shape index (κ2) is 3.75. The van der Waals surface area contributed by atoms with Crippen LogP contribution in [0.25, 0.3) is 0 Å². The molecule has 4 nitrogen and oxygen atoms in total. The van der Waals surface area contributed by atoms with Gasteiger partial charge in [-0.1, -0.05) is 6.42 Å². The Hall–Kier alpha value is -1.06. The van der Waals surface area contributed by atoms with Crippen LogP contribution in [-0.4, -0.2) is 23.7 Å². The largest absolute Gasteiger partial charge is 0.481 e. The van der Waals surface area contributed by atoms with Crippen LogP contribution in [0.5, 0.6) is 0 Å². The summed E-state index contributed by atoms with van der Waals surface area (Å²) in [5, 5.41) is 9.29. The molecule has 2 unspecified atom stereocenters. The summed E-state index contributed by atoms with van der Waals surface area (Å²) in [4.78, 5) is 23.2. The molecular weight excluding hydrogens is 208 g/mol. The van der Waals surface area contributed by atoms with Crippen molar-refractivity contribution in [3.8, 4) is 0 Å². The lowest BCUT2D eigenvalue weighted by Crippen LogP contribution is -2.38. The maximum atomic E-state index is 11.9. The van der Waals surface area contributed by atoms with Crippen molar-refractivity contribution in [2.45, 2.75) is 45.4 Å². The van der Waals surface area contributed by atoms with Gasteiger partial charge in [0.15, 0.2) is 0 Å². The van der Waals surface area contributed by atoms with E-state index in [9.17, 15) is 14.7 Å². The van der Waals surface area contributed by atoms with E-state index >= 15 is 0 Å². The first kappa shape index (κ1) is 11.4. The molecule has 1 N–H and O–H groups in total. The molecule has 0 aromatic rings. The highest BCUT2D eigenvalue weighted by Crippen LogP contribution is 2.59. The van der Waals surface area contributed by atoms with Gasteiger partial charge in [-0.25, -0.2) is 0 Å². The molecule has 0 aromatic carbocycles. The van der Waals surface area contributed by atoms with Gasteiger partial charge in [-0.15, -0.1) is 0 Å². The van der Waals surface area contributed by atoms with Crippen LogP contribution in [0.3, 0.4) is 0 Å². The predicted molar refractivity (Wildman–Crippen MR) is 56.8 cm³/mol. The van der Waals surface area contributed by atoms with Gasteiger partial charge in [0.05, 0.1) is 17.4 Å². The van der Waals surface area contributed by atoms with Gasteiger partial charge >= 0.3 is 11.9 Å². The molecule has 16 heavy (non-hydrogen) atoms. The van der Waals surface area contributed by atoms with Crippen LogP contribution in [0.2, 0.25) is 0 Å². The number of carboxylic acid groups (broad SMARTS) is 1. The fourth-order valence-electron chi connectivity index (χ4n) is 3.34. The van der Waals surface area contributed by atoms with E-state index in [1.165, 1.54) is 0 Å². The van der Waals surface area contributed by atoms with Gasteiger partial charge in [-0.3, -0.25) is 9.59 Å². The maximum absolute atomic E-state index is 11.9. The van der Waals surface area contributed by atoms with E-state index in [4.69, 9.17) is 4.74 Å². The van der Waals surface area contributed by atoms with Crippen molar-refractivity contribution in [3.63, 3.8) is 0 Å². The number of rotatable bonds is 3. The molecule has 90 valence electrons. The molecular formula is C12H18O4. The molecule has 4 heteroatoms. The van der Waals surface area contributed by atoms with E-state index in [1.807, 2.05) is 0 Å². The summed E-state index contributed by atoms with van der Waals surface area (Å²) < 4.78 is 5.10. The van der Waals surface area contributed by atoms with Crippen molar-refractivity contribution < 1.29 is 19.4 Å². The van der Waals surface area contributed by atoms with Crippen LogP contribution in [0.1, 0.15) is 45.4 Å². The summed E-state index contributed by atoms with van der Waals surface area (Å²) in [6.45, 7) is 2.16. The molecule has 0 amide bonds. The Labute approximate surface area is 95.0 Å². The van der Waals surface area contributed by atoms with Gasteiger partial charge in [0.1, 0.15) is 0 Å². The predicted octanol–water partition coefficient (Wildman–Crippen LogP) is 1.97. The number of carbonyl (C=O) groups is 2. The molecule has 0 aliphatic heterocycles. The molecule has 2 aliphatic rings. The summed E-state index contributed by atoms with van der Waals surface area (Å²) in [6.07, 6.45) is 4.11. The standard InChI is InChI=1S/C12H18O4/c1-2-16-10(15)12-5-3-4-11(8-12,6-7-12)9(13)14/h2-8H2,1H3,(H,13,14). The van der Waals surface area contributed by atoms with Crippen molar-refractivity contribution in [2.24, 2.45) is 10.8 Å². The number of hydrogen-bond acceptors (Lipinski definition) is 3. The van der Waals surface area contributed by atoms with Crippen molar-refractivity contribution in [1.82, 2.24) is 0 Å². The van der Waals surface area contributed by atoms with E-state index < -0.39 is 16.8 Å². The quantitative estimate of drug-likeness (QED) is 0.747. The minimum atomic E-state index is -0.738. The lowest BCUT2D eigenvalue weighted by molar-refractivity contribution is -0.160.